The Bertz CT molecular complexity index is 734. The summed E-state index contributed by atoms with van der Waals surface area (Å²) in [6.07, 6.45) is 2.91. The maximum absolute atomic E-state index is 12.1. The highest BCUT2D eigenvalue weighted by Crippen LogP contribution is 2.12. The van der Waals surface area contributed by atoms with Gasteiger partial charge < -0.3 is 20.7 Å². The molecule has 0 unspecified atom stereocenters. The van der Waals surface area contributed by atoms with Gasteiger partial charge >= 0.3 is 0 Å². The van der Waals surface area contributed by atoms with Crippen molar-refractivity contribution in [3.63, 3.8) is 0 Å². The summed E-state index contributed by atoms with van der Waals surface area (Å²) in [5.41, 5.74) is 0.601. The van der Waals surface area contributed by atoms with E-state index in [-0.39, 0.29) is 29.9 Å². The third kappa shape index (κ3) is 7.71. The molecule has 0 saturated heterocycles. The van der Waals surface area contributed by atoms with Crippen molar-refractivity contribution in [2.24, 2.45) is 4.99 Å². The summed E-state index contributed by atoms with van der Waals surface area (Å²) in [4.78, 5) is 21.9. The van der Waals surface area contributed by atoms with E-state index in [1.165, 1.54) is 4.88 Å². The van der Waals surface area contributed by atoms with E-state index in [2.05, 4.69) is 32.9 Å². The number of aromatic nitrogens is 1. The average molecular weight is 503 g/mol. The van der Waals surface area contributed by atoms with Crippen LogP contribution >= 0.6 is 35.3 Å². The molecule has 27 heavy (non-hydrogen) atoms. The predicted octanol–water partition coefficient (Wildman–Crippen LogP) is 2.43. The van der Waals surface area contributed by atoms with Crippen LogP contribution in [0.4, 0.5) is 0 Å². The number of aryl methyl sites for hydroxylation is 1. The number of hydrogen-bond acceptors (Lipinski definition) is 5. The molecule has 0 radical (unpaired) electrons. The van der Waals surface area contributed by atoms with Gasteiger partial charge in [-0.1, -0.05) is 6.92 Å². The fourth-order valence-corrected chi connectivity index (χ4v) is 2.98. The molecule has 0 fully saturated rings. The third-order valence-electron chi connectivity index (χ3n) is 3.64. The van der Waals surface area contributed by atoms with Crippen LogP contribution in [0.2, 0.25) is 0 Å². The van der Waals surface area contributed by atoms with Crippen LogP contribution in [0.25, 0.3) is 0 Å². The highest BCUT2D eigenvalue weighted by atomic mass is 127. The Morgan fingerprint density at radius 1 is 1.19 bits per heavy atom. The summed E-state index contributed by atoms with van der Waals surface area (Å²) >= 11 is 1.70. The van der Waals surface area contributed by atoms with Crippen LogP contribution in [0.5, 0.6) is 5.75 Å². The van der Waals surface area contributed by atoms with Crippen molar-refractivity contribution in [3.05, 3.63) is 45.9 Å². The lowest BCUT2D eigenvalue weighted by Gasteiger charge is -2.11. The number of carbonyl (C=O) groups excluding carboxylic acids is 1. The summed E-state index contributed by atoms with van der Waals surface area (Å²) in [7, 11) is 3.31. The average Bonchev–Trinajstić information content (AvgIpc) is 3.15. The van der Waals surface area contributed by atoms with E-state index in [0.29, 0.717) is 31.2 Å². The molecule has 3 N–H and O–H groups in total. The fraction of sp³-hybridized carbons (Fsp3) is 0.389. The maximum atomic E-state index is 12.1. The molecule has 1 amide bonds. The first-order valence-corrected chi connectivity index (χ1v) is 9.28. The van der Waals surface area contributed by atoms with Gasteiger partial charge in [0.2, 0.25) is 0 Å². The van der Waals surface area contributed by atoms with Crippen LogP contribution in [0, 0.1) is 0 Å². The molecule has 1 aromatic carbocycles. The number of halogens is 1. The van der Waals surface area contributed by atoms with Gasteiger partial charge in [0, 0.05) is 36.8 Å². The Morgan fingerprint density at radius 3 is 2.48 bits per heavy atom. The number of rotatable bonds is 8. The van der Waals surface area contributed by atoms with Crippen molar-refractivity contribution in [3.8, 4) is 5.75 Å². The molecule has 2 aromatic rings. The third-order valence-corrected chi connectivity index (χ3v) is 4.78. The molecule has 0 aliphatic rings. The molecule has 0 aliphatic carbocycles. The molecule has 0 spiro atoms. The summed E-state index contributed by atoms with van der Waals surface area (Å²) in [5, 5.41) is 10.3. The SMILES string of the molecule is CCc1cnc(CNC(=NC)NCCNC(=O)c2ccc(OC)cc2)s1.I. The van der Waals surface area contributed by atoms with Crippen molar-refractivity contribution in [2.45, 2.75) is 19.9 Å². The van der Waals surface area contributed by atoms with E-state index in [1.807, 2.05) is 6.20 Å². The zero-order chi connectivity index (χ0) is 18.8. The molecule has 0 atom stereocenters. The predicted molar refractivity (Wildman–Crippen MR) is 120 cm³/mol. The zero-order valence-corrected chi connectivity index (χ0v) is 18.9. The lowest BCUT2D eigenvalue weighted by molar-refractivity contribution is 0.0954. The molecule has 2 rings (SSSR count). The second kappa shape index (κ2) is 12.5. The second-order valence-electron chi connectivity index (χ2n) is 5.41. The molecular weight excluding hydrogens is 477 g/mol. The van der Waals surface area contributed by atoms with E-state index in [0.717, 1.165) is 17.2 Å². The van der Waals surface area contributed by atoms with E-state index < -0.39 is 0 Å². The smallest absolute Gasteiger partial charge is 0.251 e. The van der Waals surface area contributed by atoms with Crippen LogP contribution < -0.4 is 20.7 Å². The number of thiazole rings is 1. The molecule has 1 aromatic heterocycles. The summed E-state index contributed by atoms with van der Waals surface area (Å²) < 4.78 is 5.08. The normalized spacial score (nSPS) is 10.7. The van der Waals surface area contributed by atoms with Gasteiger partial charge in [-0.05, 0) is 30.7 Å². The Balaban J connectivity index is 0.00000364. The van der Waals surface area contributed by atoms with Gasteiger partial charge in [-0.2, -0.15) is 0 Å². The number of hydrogen-bond donors (Lipinski definition) is 3. The number of benzene rings is 1. The number of ether oxygens (including phenoxy) is 1. The van der Waals surface area contributed by atoms with Crippen molar-refractivity contribution in [2.75, 3.05) is 27.2 Å². The van der Waals surface area contributed by atoms with E-state index in [1.54, 1.807) is 49.8 Å². The molecule has 1 heterocycles. The van der Waals surface area contributed by atoms with Gasteiger partial charge in [0.1, 0.15) is 10.8 Å². The zero-order valence-electron chi connectivity index (χ0n) is 15.7. The largest absolute Gasteiger partial charge is 0.497 e. The van der Waals surface area contributed by atoms with Crippen molar-refractivity contribution >= 4 is 47.2 Å². The highest BCUT2D eigenvalue weighted by Gasteiger charge is 2.06. The van der Waals surface area contributed by atoms with Crippen LogP contribution in [-0.4, -0.2) is 44.1 Å². The minimum absolute atomic E-state index is 0. The van der Waals surface area contributed by atoms with Gasteiger partial charge in [0.25, 0.3) is 5.91 Å². The van der Waals surface area contributed by atoms with E-state index in [9.17, 15) is 4.79 Å². The quantitative estimate of drug-likeness (QED) is 0.223. The number of methoxy groups -OCH3 is 1. The molecule has 7 nitrogen and oxygen atoms in total. The van der Waals surface area contributed by atoms with Gasteiger partial charge in [0.05, 0.1) is 13.7 Å². The number of amides is 1. The van der Waals surface area contributed by atoms with Gasteiger partial charge in [0.15, 0.2) is 5.96 Å². The standard InChI is InChI=1S/C18H25N5O2S.HI/c1-4-15-11-22-16(26-15)12-23-18(19-2)21-10-9-20-17(24)13-5-7-14(25-3)8-6-13;/h5-8,11H,4,9-10,12H2,1-3H3,(H,20,24)(H2,19,21,23);1H. The molecule has 0 bridgehead atoms. The fourth-order valence-electron chi connectivity index (χ4n) is 2.17. The van der Waals surface area contributed by atoms with Gasteiger partial charge in [-0.15, -0.1) is 35.3 Å². The number of nitrogens with one attached hydrogen (secondary N) is 3. The Morgan fingerprint density at radius 2 is 1.89 bits per heavy atom. The van der Waals surface area contributed by atoms with Crippen LogP contribution in [0.15, 0.2) is 35.5 Å². The Hall–Kier alpha value is -1.88. The van der Waals surface area contributed by atoms with Gasteiger partial charge in [-0.25, -0.2) is 4.98 Å². The van der Waals surface area contributed by atoms with E-state index in [4.69, 9.17) is 4.74 Å². The summed E-state index contributed by atoms with van der Waals surface area (Å²) in [6, 6.07) is 7.00. The summed E-state index contributed by atoms with van der Waals surface area (Å²) in [6.45, 7) is 3.80. The van der Waals surface area contributed by atoms with Crippen molar-refractivity contribution < 1.29 is 9.53 Å². The minimum atomic E-state index is -0.118. The molecule has 9 heteroatoms. The first-order chi connectivity index (χ1) is 12.7. The van der Waals surface area contributed by atoms with Crippen LogP contribution in [0.1, 0.15) is 27.2 Å². The first kappa shape index (κ1) is 23.2. The number of aliphatic imine (C=N–C) groups is 1. The van der Waals surface area contributed by atoms with Crippen molar-refractivity contribution in [1.29, 1.82) is 0 Å². The lowest BCUT2D eigenvalue weighted by Crippen LogP contribution is -2.41. The van der Waals surface area contributed by atoms with Gasteiger partial charge in [-0.3, -0.25) is 9.79 Å². The lowest BCUT2D eigenvalue weighted by atomic mass is 10.2. The molecule has 148 valence electrons. The first-order valence-electron chi connectivity index (χ1n) is 8.46. The monoisotopic (exact) mass is 503 g/mol. The van der Waals surface area contributed by atoms with Crippen LogP contribution in [-0.2, 0) is 13.0 Å². The number of guanidine groups is 1. The Kier molecular flexibility index (Phi) is 10.7. The topological polar surface area (TPSA) is 87.6 Å². The van der Waals surface area contributed by atoms with Crippen LogP contribution in [0.3, 0.4) is 0 Å². The highest BCUT2D eigenvalue weighted by molar-refractivity contribution is 14.0. The minimum Gasteiger partial charge on any atom is -0.497 e. The molecular formula is C18H26IN5O2S. The molecule has 0 aliphatic heterocycles. The summed E-state index contributed by atoms with van der Waals surface area (Å²) in [5.74, 6) is 1.29. The number of nitrogens with zero attached hydrogens (tertiary/aromatic N) is 2. The second-order valence-corrected chi connectivity index (χ2v) is 6.61. The van der Waals surface area contributed by atoms with Crippen molar-refractivity contribution in [1.82, 2.24) is 20.9 Å². The van der Waals surface area contributed by atoms with E-state index >= 15 is 0 Å². The number of carbonyl (C=O) groups is 1. The maximum Gasteiger partial charge on any atom is 0.251 e. The Labute approximate surface area is 181 Å². The molecule has 0 saturated carbocycles.